The molecule has 6 rings (SSSR count). The molecule has 17 heteroatoms. The van der Waals surface area contributed by atoms with Gasteiger partial charge in [-0.25, -0.2) is 14.5 Å². The third kappa shape index (κ3) is 8.38. The predicted octanol–water partition coefficient (Wildman–Crippen LogP) is 4.64. The summed E-state index contributed by atoms with van der Waals surface area (Å²) >= 11 is 0. The number of carbonyl (C=O) groups excluding carboxylic acids is 1. The molecule has 4 atom stereocenters. The lowest BCUT2D eigenvalue weighted by Gasteiger charge is -2.37. The van der Waals surface area contributed by atoms with Gasteiger partial charge in [0, 0.05) is 18.8 Å². The number of anilines is 1. The lowest BCUT2D eigenvalue weighted by atomic mass is 9.80. The quantitative estimate of drug-likeness (QED) is 0.0842. The van der Waals surface area contributed by atoms with Crippen LogP contribution in [0.25, 0.3) is 11.2 Å². The highest BCUT2D eigenvalue weighted by molar-refractivity contribution is 7.46. The van der Waals surface area contributed by atoms with Gasteiger partial charge in [0.15, 0.2) is 11.9 Å². The number of phosphoric acid groups is 1. The van der Waals surface area contributed by atoms with Crippen LogP contribution in [0.4, 0.5) is 5.95 Å². The second-order valence-corrected chi connectivity index (χ2v) is 14.2. The highest BCUT2D eigenvalue weighted by Crippen LogP contribution is 2.46. The molecule has 5 aromatic rings. The van der Waals surface area contributed by atoms with Crippen LogP contribution < -0.4 is 14.8 Å². The maximum atomic E-state index is 12.6. The number of aromatic nitrogens is 4. The molecule has 1 fully saturated rings. The third-order valence-electron chi connectivity index (χ3n) is 9.21. The monoisotopic (exact) mass is 772 g/mol. The predicted molar refractivity (Wildman–Crippen MR) is 198 cm³/mol. The average Bonchev–Trinajstić information content (AvgIpc) is 3.74. The molecule has 1 saturated heterocycles. The van der Waals surface area contributed by atoms with Gasteiger partial charge in [-0.1, -0.05) is 68.4 Å². The number of nitrogens with zero attached hydrogens (tertiary/aromatic N) is 5. The van der Waals surface area contributed by atoms with Crippen molar-refractivity contribution in [3.63, 3.8) is 0 Å². The zero-order valence-corrected chi connectivity index (χ0v) is 31.4. The molecular formula is C38H41N6O10P. The fourth-order valence-electron chi connectivity index (χ4n) is 6.47. The molecule has 3 heterocycles. The molecule has 1 aliphatic heterocycles. The van der Waals surface area contributed by atoms with Crippen LogP contribution in [0.1, 0.15) is 48.9 Å². The van der Waals surface area contributed by atoms with Crippen LogP contribution in [0.3, 0.4) is 0 Å². The van der Waals surface area contributed by atoms with Crippen molar-refractivity contribution >= 4 is 30.8 Å². The summed E-state index contributed by atoms with van der Waals surface area (Å²) in [6.45, 7) is 3.06. The lowest BCUT2D eigenvalue weighted by molar-refractivity contribution is -0.118. The number of carbonyl (C=O) groups is 1. The van der Waals surface area contributed by atoms with Crippen molar-refractivity contribution in [3.05, 3.63) is 108 Å². The number of rotatable bonds is 15. The fraction of sp³-hybridized carbons (Fsp3) is 0.342. The minimum absolute atomic E-state index is 0.0529. The summed E-state index contributed by atoms with van der Waals surface area (Å²) in [6.07, 6.45) is -4.30. The summed E-state index contributed by atoms with van der Waals surface area (Å²) < 4.78 is 43.1. The molecule has 16 nitrogen and oxygen atoms in total. The van der Waals surface area contributed by atoms with Gasteiger partial charge in [-0.15, -0.1) is 0 Å². The first-order chi connectivity index (χ1) is 26.4. The van der Waals surface area contributed by atoms with Gasteiger partial charge in [0.25, 0.3) is 0 Å². The Morgan fingerprint density at radius 1 is 0.982 bits per heavy atom. The number of fused-ring (bicyclic) bond motifs is 1. The molecule has 0 radical (unpaired) electrons. The van der Waals surface area contributed by atoms with Crippen LogP contribution in [0.2, 0.25) is 0 Å². The first-order valence-corrected chi connectivity index (χ1v) is 18.9. The molecule has 1 amide bonds. The highest BCUT2D eigenvalue weighted by atomic mass is 31.2. The second-order valence-electron chi connectivity index (χ2n) is 13.1. The van der Waals surface area contributed by atoms with Gasteiger partial charge < -0.3 is 33.8 Å². The SMILES string of the molecule is COc1ccc(C(OC[C@H]2O[C@@H](n3cnc4c(CCC#N)nc(NC(=O)C(C)C)nc43)[C@H](O)[C@@H]2OP(=O)(O)O)(c2ccccc2)c2ccc(OC)cc2)cc1. The molecule has 4 N–H and O–H groups in total. The van der Waals surface area contributed by atoms with Crippen molar-refractivity contribution in [1.29, 1.82) is 5.26 Å². The smallest absolute Gasteiger partial charge is 0.470 e. The summed E-state index contributed by atoms with van der Waals surface area (Å²) in [5.74, 6) is 0.427. The van der Waals surface area contributed by atoms with Gasteiger partial charge >= 0.3 is 7.82 Å². The molecule has 0 unspecified atom stereocenters. The molecule has 0 spiro atoms. The van der Waals surface area contributed by atoms with Crippen molar-refractivity contribution in [2.75, 3.05) is 26.1 Å². The van der Waals surface area contributed by atoms with Gasteiger partial charge in [-0.2, -0.15) is 10.2 Å². The first kappa shape index (κ1) is 39.5. The normalized spacial score (nSPS) is 18.7. The van der Waals surface area contributed by atoms with Gasteiger partial charge in [0.05, 0.1) is 38.9 Å². The van der Waals surface area contributed by atoms with Crippen molar-refractivity contribution < 1.29 is 47.7 Å². The van der Waals surface area contributed by atoms with Crippen LogP contribution in [0.5, 0.6) is 11.5 Å². The van der Waals surface area contributed by atoms with Gasteiger partial charge in [-0.05, 0) is 41.0 Å². The van der Waals surface area contributed by atoms with Crippen molar-refractivity contribution in [2.24, 2.45) is 5.92 Å². The number of hydrogen-bond acceptors (Lipinski definition) is 12. The minimum Gasteiger partial charge on any atom is -0.497 e. The maximum absolute atomic E-state index is 12.6. The van der Waals surface area contributed by atoms with E-state index in [0.29, 0.717) is 33.9 Å². The van der Waals surface area contributed by atoms with Crippen molar-refractivity contribution in [1.82, 2.24) is 19.5 Å². The molecule has 288 valence electrons. The first-order valence-electron chi connectivity index (χ1n) is 17.4. The summed E-state index contributed by atoms with van der Waals surface area (Å²) in [5.41, 5.74) is 1.53. The Kier molecular flexibility index (Phi) is 11.9. The summed E-state index contributed by atoms with van der Waals surface area (Å²) in [5, 5.41) is 23.7. The number of aliphatic hydroxyl groups is 1. The number of amides is 1. The minimum atomic E-state index is -5.20. The molecule has 1 aliphatic rings. The lowest BCUT2D eigenvalue weighted by Crippen LogP contribution is -2.40. The maximum Gasteiger partial charge on any atom is 0.470 e. The van der Waals surface area contributed by atoms with E-state index in [9.17, 15) is 29.5 Å². The zero-order valence-electron chi connectivity index (χ0n) is 30.5. The van der Waals surface area contributed by atoms with E-state index >= 15 is 0 Å². The Balaban J connectivity index is 1.43. The number of methoxy groups -OCH3 is 2. The van der Waals surface area contributed by atoms with E-state index in [-0.39, 0.29) is 42.5 Å². The van der Waals surface area contributed by atoms with Gasteiger partial charge in [0.2, 0.25) is 11.9 Å². The molecular weight excluding hydrogens is 731 g/mol. The summed E-state index contributed by atoms with van der Waals surface area (Å²) in [6, 6.07) is 26.0. The van der Waals surface area contributed by atoms with Crippen LogP contribution >= 0.6 is 7.82 Å². The van der Waals surface area contributed by atoms with E-state index < -0.39 is 43.9 Å². The Morgan fingerprint density at radius 3 is 2.13 bits per heavy atom. The largest absolute Gasteiger partial charge is 0.497 e. The Morgan fingerprint density at radius 2 is 1.58 bits per heavy atom. The van der Waals surface area contributed by atoms with Crippen LogP contribution in [0.15, 0.2) is 85.2 Å². The Hall–Kier alpha value is -5.24. The van der Waals surface area contributed by atoms with E-state index in [1.54, 1.807) is 52.3 Å². The van der Waals surface area contributed by atoms with Crippen LogP contribution in [0, 0.1) is 17.2 Å². The van der Waals surface area contributed by atoms with E-state index in [2.05, 4.69) is 26.3 Å². The van der Waals surface area contributed by atoms with Crippen LogP contribution in [-0.4, -0.2) is 79.5 Å². The zero-order chi connectivity index (χ0) is 39.3. The number of aliphatic hydroxyl groups excluding tert-OH is 1. The van der Waals surface area contributed by atoms with Crippen LogP contribution in [-0.2, 0) is 35.4 Å². The summed E-state index contributed by atoms with van der Waals surface area (Å²) in [4.78, 5) is 46.0. The second kappa shape index (κ2) is 16.6. The highest BCUT2D eigenvalue weighted by Gasteiger charge is 2.50. The molecule has 0 aliphatic carbocycles. The molecule has 0 bridgehead atoms. The number of phosphoric ester groups is 1. The standard InChI is InChI=1S/C38H41N6O10P/c1-23(2)35(46)43-37-41-29(11-8-20-39)31-34(42-37)44(22-40-31)36-32(45)33(54-55(47,48)49)30(53-36)21-52-38(24-9-6-5-7-10-24,25-12-16-27(50-3)17-13-25)26-14-18-28(51-4)19-15-26/h5-7,9-10,12-19,22-23,30,32-33,36,45H,8,11,21H2,1-4H3,(H2,47,48,49)(H,41,42,43,46)/t30-,32-,33-,36-/m1/s1. The molecule has 0 saturated carbocycles. The fourth-order valence-corrected chi connectivity index (χ4v) is 7.05. The van der Waals surface area contributed by atoms with Gasteiger partial charge in [-0.3, -0.25) is 19.2 Å². The topological polar surface area (TPSA) is 220 Å². The molecule has 2 aromatic heterocycles. The molecule has 3 aromatic carbocycles. The van der Waals surface area contributed by atoms with E-state index in [1.807, 2.05) is 54.6 Å². The van der Waals surface area contributed by atoms with E-state index in [0.717, 1.165) is 0 Å². The number of nitrogens with one attached hydrogen (secondary N) is 1. The number of hydrogen-bond donors (Lipinski definition) is 4. The molecule has 55 heavy (non-hydrogen) atoms. The number of aryl methyl sites for hydroxylation is 1. The summed E-state index contributed by atoms with van der Waals surface area (Å²) in [7, 11) is -2.08. The Labute approximate surface area is 316 Å². The number of benzene rings is 3. The van der Waals surface area contributed by atoms with E-state index in [1.165, 1.54) is 10.9 Å². The third-order valence-corrected chi connectivity index (χ3v) is 9.72. The number of nitriles is 1. The Bertz CT molecular complexity index is 2140. The van der Waals surface area contributed by atoms with Crippen molar-refractivity contribution in [2.45, 2.75) is 56.8 Å². The van der Waals surface area contributed by atoms with E-state index in [4.69, 9.17) is 23.5 Å². The number of imidazole rings is 1. The van der Waals surface area contributed by atoms with Gasteiger partial charge in [0.1, 0.15) is 40.9 Å². The average molecular weight is 773 g/mol. The van der Waals surface area contributed by atoms with Crippen molar-refractivity contribution in [3.8, 4) is 17.6 Å². The number of ether oxygens (including phenoxy) is 4.